The van der Waals surface area contributed by atoms with Gasteiger partial charge in [0.05, 0.1) is 17.0 Å². The number of nitrogens with one attached hydrogen (secondary N) is 1. The van der Waals surface area contributed by atoms with Crippen molar-refractivity contribution >= 4 is 52.6 Å². The molecule has 1 N–H and O–H groups in total. The van der Waals surface area contributed by atoms with E-state index in [-0.39, 0.29) is 12.5 Å². The predicted octanol–water partition coefficient (Wildman–Crippen LogP) is 5.18. The van der Waals surface area contributed by atoms with Gasteiger partial charge in [-0.3, -0.25) is 9.63 Å². The van der Waals surface area contributed by atoms with Crippen LogP contribution in [0, 0.1) is 0 Å². The van der Waals surface area contributed by atoms with Crippen molar-refractivity contribution in [3.05, 3.63) is 51.0 Å². The number of rotatable bonds is 9. The maximum Gasteiger partial charge on any atom is 0.364 e. The number of aromatic nitrogens is 1. The minimum atomic E-state index is -0.543. The Morgan fingerprint density at radius 3 is 2.72 bits per heavy atom. The molecule has 3 heterocycles. The Morgan fingerprint density at radius 1 is 1.15 bits per heavy atom. The van der Waals surface area contributed by atoms with Crippen LogP contribution in [0.2, 0.25) is 0 Å². The van der Waals surface area contributed by atoms with E-state index in [1.165, 1.54) is 17.6 Å². The number of carbonyl (C=O) groups is 2. The van der Waals surface area contributed by atoms with Crippen LogP contribution in [0.15, 0.2) is 51.0 Å². The smallest absolute Gasteiger partial charge is 0.364 e. The Hall–Kier alpha value is -2.77. The van der Waals surface area contributed by atoms with Gasteiger partial charge in [0.15, 0.2) is 6.61 Å². The molecule has 39 heavy (non-hydrogen) atoms. The van der Waals surface area contributed by atoms with Gasteiger partial charge in [-0.05, 0) is 46.0 Å². The predicted molar refractivity (Wildman–Crippen MR) is 158 cm³/mol. The number of thiazole rings is 1. The van der Waals surface area contributed by atoms with E-state index in [0.717, 1.165) is 58.0 Å². The van der Waals surface area contributed by atoms with Gasteiger partial charge in [-0.15, -0.1) is 34.4 Å². The summed E-state index contributed by atoms with van der Waals surface area (Å²) in [5, 5.41) is 5.08. The van der Waals surface area contributed by atoms with Crippen molar-refractivity contribution in [3.8, 4) is 17.0 Å². The molecule has 0 bridgehead atoms. The number of likely N-dealkylation sites (N-methyl/N-ethyl adjacent to an activating group) is 1. The van der Waals surface area contributed by atoms with Gasteiger partial charge in [0.2, 0.25) is 0 Å². The molecule has 0 spiro atoms. The van der Waals surface area contributed by atoms with E-state index in [1.807, 2.05) is 66.8 Å². The Balaban J connectivity index is 1.26. The number of urea groups is 1. The molecule has 1 fully saturated rings. The summed E-state index contributed by atoms with van der Waals surface area (Å²) < 4.78 is 5.81. The van der Waals surface area contributed by atoms with Crippen molar-refractivity contribution in [2.24, 2.45) is 4.99 Å². The first-order valence-corrected chi connectivity index (χ1v) is 15.3. The van der Waals surface area contributed by atoms with Crippen molar-refractivity contribution < 1.29 is 19.2 Å². The third-order valence-corrected chi connectivity index (χ3v) is 8.65. The van der Waals surface area contributed by atoms with Gasteiger partial charge < -0.3 is 14.5 Å². The molecule has 208 valence electrons. The highest BCUT2D eigenvalue weighted by molar-refractivity contribution is 7.98. The molecule has 0 radical (unpaired) electrons. The summed E-state index contributed by atoms with van der Waals surface area (Å²) in [4.78, 5) is 44.2. The fraction of sp³-hybridized carbons (Fsp3) is 0.407. The standard InChI is InChI=1S/C27H33N5O4S3/c1-27(2,3)36-30-26(34)28-14-21-13-22(16-37-21)38-18-24-29-23(17-39-24)19-6-5-7-20(12-19)35-15-25(33)32-10-8-31(4)9-11-32/h5-7,12-14,16-17H,8-11,15,18H2,1-4H3,(H,30,34). The highest BCUT2D eigenvalue weighted by Crippen LogP contribution is 2.31. The van der Waals surface area contributed by atoms with Crippen molar-refractivity contribution in [1.29, 1.82) is 0 Å². The largest absolute Gasteiger partial charge is 0.484 e. The van der Waals surface area contributed by atoms with Gasteiger partial charge in [-0.1, -0.05) is 12.1 Å². The highest BCUT2D eigenvalue weighted by Gasteiger charge is 2.19. The molecule has 3 amide bonds. The van der Waals surface area contributed by atoms with Gasteiger partial charge in [0, 0.05) is 58.5 Å². The average Bonchev–Trinajstić information content (AvgIpc) is 3.58. The van der Waals surface area contributed by atoms with Gasteiger partial charge in [0.1, 0.15) is 10.8 Å². The monoisotopic (exact) mass is 587 g/mol. The number of hydrogen-bond donors (Lipinski definition) is 1. The number of amides is 3. The van der Waals surface area contributed by atoms with Gasteiger partial charge in [-0.25, -0.2) is 15.3 Å². The Morgan fingerprint density at radius 2 is 1.95 bits per heavy atom. The molecule has 0 aliphatic carbocycles. The first kappa shape index (κ1) is 29.2. The topological polar surface area (TPSA) is 96.4 Å². The summed E-state index contributed by atoms with van der Waals surface area (Å²) in [6, 6.07) is 9.16. The van der Waals surface area contributed by atoms with E-state index in [0.29, 0.717) is 5.75 Å². The number of aliphatic imine (C=N–C) groups is 1. The number of piperazine rings is 1. The Kier molecular flexibility index (Phi) is 10.1. The van der Waals surface area contributed by atoms with Crippen molar-refractivity contribution in [2.75, 3.05) is 39.8 Å². The minimum Gasteiger partial charge on any atom is -0.484 e. The van der Waals surface area contributed by atoms with Crippen LogP contribution in [-0.4, -0.2) is 78.4 Å². The van der Waals surface area contributed by atoms with E-state index in [2.05, 4.69) is 22.4 Å². The quantitative estimate of drug-likeness (QED) is 0.210. The molecular formula is C27H33N5O4S3. The lowest BCUT2D eigenvalue weighted by molar-refractivity contribution is -0.134. The third-order valence-electron chi connectivity index (χ3n) is 5.61. The summed E-state index contributed by atoms with van der Waals surface area (Å²) in [6.07, 6.45) is 1.53. The molecule has 0 saturated carbocycles. The molecule has 0 unspecified atom stereocenters. The first-order valence-electron chi connectivity index (χ1n) is 12.5. The molecule has 2 aromatic heterocycles. The lowest BCUT2D eigenvalue weighted by Gasteiger charge is -2.32. The van der Waals surface area contributed by atoms with Crippen LogP contribution in [0.3, 0.4) is 0 Å². The van der Waals surface area contributed by atoms with Gasteiger partial charge >= 0.3 is 6.03 Å². The summed E-state index contributed by atoms with van der Waals surface area (Å²) >= 11 is 4.81. The fourth-order valence-corrected chi connectivity index (χ4v) is 6.24. The summed E-state index contributed by atoms with van der Waals surface area (Å²) in [6.45, 7) is 8.83. The van der Waals surface area contributed by atoms with Crippen LogP contribution < -0.4 is 10.2 Å². The molecule has 0 atom stereocenters. The maximum atomic E-state index is 12.5. The number of hydrogen-bond acceptors (Lipinski definition) is 9. The number of nitrogens with zero attached hydrogens (tertiary/aromatic N) is 4. The van der Waals surface area contributed by atoms with Crippen molar-refractivity contribution in [2.45, 2.75) is 37.0 Å². The lowest BCUT2D eigenvalue weighted by Crippen LogP contribution is -2.48. The van der Waals surface area contributed by atoms with E-state index in [4.69, 9.17) is 14.6 Å². The second kappa shape index (κ2) is 13.5. The molecular weight excluding hydrogens is 555 g/mol. The molecule has 1 aliphatic heterocycles. The number of thiophene rings is 1. The fourth-order valence-electron chi connectivity index (χ4n) is 3.52. The van der Waals surface area contributed by atoms with E-state index < -0.39 is 11.6 Å². The second-order valence-electron chi connectivity index (χ2n) is 9.98. The van der Waals surface area contributed by atoms with Crippen molar-refractivity contribution in [3.63, 3.8) is 0 Å². The number of carbonyl (C=O) groups excluding carboxylic acids is 2. The Bertz CT molecular complexity index is 1290. The van der Waals surface area contributed by atoms with Gasteiger partial charge in [-0.2, -0.15) is 4.99 Å². The van der Waals surface area contributed by atoms with E-state index in [1.54, 1.807) is 23.1 Å². The average molecular weight is 588 g/mol. The van der Waals surface area contributed by atoms with Crippen LogP contribution in [0.4, 0.5) is 4.79 Å². The highest BCUT2D eigenvalue weighted by atomic mass is 32.2. The van der Waals surface area contributed by atoms with E-state index in [9.17, 15) is 9.59 Å². The minimum absolute atomic E-state index is 0.0159. The summed E-state index contributed by atoms with van der Waals surface area (Å²) in [7, 11) is 2.07. The normalized spacial score (nSPS) is 14.6. The first-order chi connectivity index (χ1) is 18.6. The van der Waals surface area contributed by atoms with Crippen LogP contribution >= 0.6 is 34.4 Å². The molecule has 4 rings (SSSR count). The zero-order valence-corrected chi connectivity index (χ0v) is 25.0. The summed E-state index contributed by atoms with van der Waals surface area (Å²) in [5.74, 6) is 1.40. The lowest BCUT2D eigenvalue weighted by atomic mass is 10.2. The van der Waals surface area contributed by atoms with Crippen molar-refractivity contribution in [1.82, 2.24) is 20.3 Å². The number of thioether (sulfide) groups is 1. The number of ether oxygens (including phenoxy) is 1. The van der Waals surface area contributed by atoms with Crippen LogP contribution in [0.25, 0.3) is 11.3 Å². The molecule has 1 saturated heterocycles. The summed E-state index contributed by atoms with van der Waals surface area (Å²) in [5.41, 5.74) is 3.68. The van der Waals surface area contributed by atoms with Gasteiger partial charge in [0.25, 0.3) is 5.91 Å². The van der Waals surface area contributed by atoms with E-state index >= 15 is 0 Å². The molecule has 12 heteroatoms. The maximum absolute atomic E-state index is 12.5. The van der Waals surface area contributed by atoms with Crippen LogP contribution in [-0.2, 0) is 15.4 Å². The van der Waals surface area contributed by atoms with Crippen LogP contribution in [0.1, 0.15) is 30.7 Å². The molecule has 1 aliphatic rings. The molecule has 1 aromatic carbocycles. The SMILES string of the molecule is CN1CCN(C(=O)COc2cccc(-c3csc(CSc4csc(C=NC(=O)NOC(C)(C)C)c4)n3)c2)CC1. The number of benzene rings is 1. The number of hydroxylamine groups is 1. The molecule has 9 nitrogen and oxygen atoms in total. The zero-order valence-electron chi connectivity index (χ0n) is 22.5. The molecule has 3 aromatic rings. The Labute approximate surface area is 241 Å². The zero-order chi connectivity index (χ0) is 27.8. The van der Waals surface area contributed by atoms with Crippen LogP contribution in [0.5, 0.6) is 5.75 Å². The third kappa shape index (κ3) is 9.43. The second-order valence-corrected chi connectivity index (χ2v) is 12.9.